The summed E-state index contributed by atoms with van der Waals surface area (Å²) in [5, 5.41) is 0. The molecule has 6 nitrogen and oxygen atoms in total. The maximum Gasteiger partial charge on any atom is 0.410 e. The summed E-state index contributed by atoms with van der Waals surface area (Å²) in [5.41, 5.74) is 0.135. The molecule has 1 atom stereocenters. The van der Waals surface area contributed by atoms with Crippen LogP contribution in [0, 0.1) is 0 Å². The van der Waals surface area contributed by atoms with E-state index >= 15 is 0 Å². The van der Waals surface area contributed by atoms with Crippen LogP contribution < -0.4 is 4.74 Å². The zero-order chi connectivity index (χ0) is 21.6. The molecule has 1 saturated heterocycles. The minimum atomic E-state index is -2.94. The Hall–Kier alpha value is -2.07. The van der Waals surface area contributed by atoms with Gasteiger partial charge in [0.1, 0.15) is 11.4 Å². The third kappa shape index (κ3) is 8.06. The molecule has 1 aromatic carbocycles. The summed E-state index contributed by atoms with van der Waals surface area (Å²) in [6.07, 6.45) is -0.575. The Labute approximate surface area is 167 Å². The van der Waals surface area contributed by atoms with Crippen molar-refractivity contribution in [1.29, 1.82) is 0 Å². The fourth-order valence-corrected chi connectivity index (χ4v) is 2.99. The smallest absolute Gasteiger partial charge is 0.410 e. The van der Waals surface area contributed by atoms with Gasteiger partial charge in [-0.3, -0.25) is 4.90 Å². The lowest BCUT2D eigenvalue weighted by molar-refractivity contribution is -0.145. The molecule has 1 amide bonds. The summed E-state index contributed by atoms with van der Waals surface area (Å²) in [6.45, 7) is 0.593. The average Bonchev–Trinajstić information content (AvgIpc) is 2.60. The van der Waals surface area contributed by atoms with Crippen molar-refractivity contribution in [2.75, 3.05) is 26.2 Å². The van der Waals surface area contributed by atoms with Crippen LogP contribution in [0.1, 0.15) is 26.3 Å². The van der Waals surface area contributed by atoms with Gasteiger partial charge in [0.25, 0.3) is 0 Å². The molecule has 0 spiro atoms. The molecule has 2 rings (SSSR count). The second kappa shape index (κ2) is 10.1. The average molecular weight is 422 g/mol. The number of rotatable bonds is 7. The predicted octanol–water partition coefficient (Wildman–Crippen LogP) is 3.95. The summed E-state index contributed by atoms with van der Waals surface area (Å²) >= 11 is 0. The van der Waals surface area contributed by atoms with Crippen molar-refractivity contribution < 1.29 is 36.6 Å². The first kappa shape index (κ1) is 23.2. The normalized spacial score (nSPS) is 18.4. The second-order valence-electron chi connectivity index (χ2n) is 7.68. The van der Waals surface area contributed by atoms with Crippen LogP contribution in [0.2, 0.25) is 0 Å². The molecular weight excluding hydrogens is 396 g/mol. The largest absolute Gasteiger partial charge is 0.444 e. The lowest BCUT2D eigenvalue weighted by Crippen LogP contribution is -2.57. The molecule has 164 valence electrons. The number of carbonyl (C=O) groups is 1. The topological polar surface area (TPSA) is 51.2 Å². The van der Waals surface area contributed by atoms with E-state index in [0.29, 0.717) is 26.2 Å². The number of hydrogen-bond acceptors (Lipinski definition) is 5. The number of carbonyl (C=O) groups excluding carboxylic acids is 1. The van der Waals surface area contributed by atoms with Crippen molar-refractivity contribution in [3.63, 3.8) is 0 Å². The summed E-state index contributed by atoms with van der Waals surface area (Å²) in [4.78, 5) is 15.8. The van der Waals surface area contributed by atoms with Gasteiger partial charge in [-0.15, -0.1) is 0 Å². The second-order valence-corrected chi connectivity index (χ2v) is 7.68. The molecule has 0 N–H and O–H groups in total. The van der Waals surface area contributed by atoms with Crippen LogP contribution in [0.3, 0.4) is 0 Å². The van der Waals surface area contributed by atoms with Gasteiger partial charge in [0.2, 0.25) is 0 Å². The number of benzene rings is 1. The molecule has 10 heteroatoms. The van der Waals surface area contributed by atoms with Gasteiger partial charge in [-0.2, -0.15) is 17.6 Å². The Morgan fingerprint density at radius 1 is 1.10 bits per heavy atom. The van der Waals surface area contributed by atoms with Crippen LogP contribution >= 0.6 is 0 Å². The number of alkyl halides is 4. The monoisotopic (exact) mass is 422 g/mol. The number of ether oxygens (including phenoxy) is 3. The van der Waals surface area contributed by atoms with Crippen molar-refractivity contribution in [2.45, 2.75) is 52.2 Å². The van der Waals surface area contributed by atoms with E-state index in [9.17, 15) is 22.4 Å². The van der Waals surface area contributed by atoms with E-state index in [1.165, 1.54) is 17.0 Å². The number of piperazine rings is 1. The molecule has 1 aromatic rings. The molecule has 0 saturated carbocycles. The SMILES string of the molecule is CC(C)(C)OC(=O)N1CCN(Cc2ccc(OC(F)F)cc2)C[C@H]1COC(F)F. The Morgan fingerprint density at radius 3 is 2.31 bits per heavy atom. The Kier molecular flexibility index (Phi) is 8.09. The van der Waals surface area contributed by atoms with E-state index in [1.54, 1.807) is 32.9 Å². The molecule has 1 heterocycles. The van der Waals surface area contributed by atoms with E-state index < -0.39 is 31.0 Å². The minimum absolute atomic E-state index is 0.0571. The maximum atomic E-state index is 12.5. The number of amides is 1. The third-order valence-electron chi connectivity index (χ3n) is 4.16. The minimum Gasteiger partial charge on any atom is -0.444 e. The predicted molar refractivity (Wildman–Crippen MR) is 97.0 cm³/mol. The fraction of sp³-hybridized carbons (Fsp3) is 0.632. The zero-order valence-electron chi connectivity index (χ0n) is 16.6. The van der Waals surface area contributed by atoms with E-state index in [4.69, 9.17) is 4.74 Å². The Morgan fingerprint density at radius 2 is 1.76 bits per heavy atom. The zero-order valence-corrected chi connectivity index (χ0v) is 16.6. The molecule has 0 radical (unpaired) electrons. The van der Waals surface area contributed by atoms with Crippen molar-refractivity contribution in [1.82, 2.24) is 9.80 Å². The van der Waals surface area contributed by atoms with Crippen molar-refractivity contribution in [3.05, 3.63) is 29.8 Å². The fourth-order valence-electron chi connectivity index (χ4n) is 2.99. The summed E-state index contributed by atoms with van der Waals surface area (Å²) in [7, 11) is 0. The summed E-state index contributed by atoms with van der Waals surface area (Å²) in [5.74, 6) is 0.0571. The summed E-state index contributed by atoms with van der Waals surface area (Å²) < 4.78 is 63.6. The lowest BCUT2D eigenvalue weighted by Gasteiger charge is -2.41. The van der Waals surface area contributed by atoms with Gasteiger partial charge in [-0.25, -0.2) is 4.79 Å². The molecular formula is C19H26F4N2O4. The van der Waals surface area contributed by atoms with Crippen LogP contribution in [0.4, 0.5) is 22.4 Å². The van der Waals surface area contributed by atoms with E-state index in [2.05, 4.69) is 9.47 Å². The maximum absolute atomic E-state index is 12.5. The van der Waals surface area contributed by atoms with Crippen LogP contribution in [-0.4, -0.2) is 67.0 Å². The highest BCUT2D eigenvalue weighted by molar-refractivity contribution is 5.68. The lowest BCUT2D eigenvalue weighted by atomic mass is 10.1. The third-order valence-corrected chi connectivity index (χ3v) is 4.16. The van der Waals surface area contributed by atoms with Crippen molar-refractivity contribution >= 4 is 6.09 Å². The van der Waals surface area contributed by atoms with Crippen molar-refractivity contribution in [3.8, 4) is 5.75 Å². The molecule has 1 aliphatic rings. The number of halogens is 4. The van der Waals surface area contributed by atoms with Gasteiger partial charge >= 0.3 is 19.3 Å². The highest BCUT2D eigenvalue weighted by atomic mass is 19.3. The standard InChI is InChI=1S/C19H26F4N2O4/c1-19(2,3)29-18(26)25-9-8-24(11-14(25)12-27-16(20)21)10-13-4-6-15(7-5-13)28-17(22)23/h4-7,14,16-17H,8-12H2,1-3H3/t14-/m0/s1. The van der Waals surface area contributed by atoms with Gasteiger partial charge in [-0.05, 0) is 38.5 Å². The van der Waals surface area contributed by atoms with Crippen LogP contribution in [-0.2, 0) is 16.0 Å². The first-order valence-corrected chi connectivity index (χ1v) is 9.19. The van der Waals surface area contributed by atoms with E-state index in [-0.39, 0.29) is 12.4 Å². The van der Waals surface area contributed by atoms with Gasteiger partial charge < -0.3 is 19.1 Å². The van der Waals surface area contributed by atoms with Gasteiger partial charge in [0.15, 0.2) is 0 Å². The quantitative estimate of drug-likeness (QED) is 0.623. The first-order chi connectivity index (χ1) is 13.5. The first-order valence-electron chi connectivity index (χ1n) is 9.19. The molecule has 0 bridgehead atoms. The highest BCUT2D eigenvalue weighted by Crippen LogP contribution is 2.20. The molecule has 1 fully saturated rings. The molecule has 1 aliphatic heterocycles. The molecule has 29 heavy (non-hydrogen) atoms. The highest BCUT2D eigenvalue weighted by Gasteiger charge is 2.34. The van der Waals surface area contributed by atoms with Crippen LogP contribution in [0.25, 0.3) is 0 Å². The number of hydrogen-bond donors (Lipinski definition) is 0. The molecule has 0 unspecified atom stereocenters. The van der Waals surface area contributed by atoms with E-state index in [0.717, 1.165) is 5.56 Å². The number of nitrogens with zero attached hydrogens (tertiary/aromatic N) is 2. The van der Waals surface area contributed by atoms with Gasteiger partial charge in [-0.1, -0.05) is 12.1 Å². The summed E-state index contributed by atoms with van der Waals surface area (Å²) in [6, 6.07) is 5.59. The Bertz CT molecular complexity index is 653. The van der Waals surface area contributed by atoms with Gasteiger partial charge in [0.05, 0.1) is 12.6 Å². The molecule has 0 aromatic heterocycles. The van der Waals surface area contributed by atoms with Gasteiger partial charge in [0, 0.05) is 26.2 Å². The van der Waals surface area contributed by atoms with Crippen molar-refractivity contribution in [2.24, 2.45) is 0 Å². The van der Waals surface area contributed by atoms with Crippen LogP contribution in [0.5, 0.6) is 5.75 Å². The molecule has 0 aliphatic carbocycles. The van der Waals surface area contributed by atoms with Crippen LogP contribution in [0.15, 0.2) is 24.3 Å². The Balaban J connectivity index is 2.00. The van der Waals surface area contributed by atoms with E-state index in [1.807, 2.05) is 4.90 Å².